The summed E-state index contributed by atoms with van der Waals surface area (Å²) in [5.74, 6) is -0.683. The Kier molecular flexibility index (Phi) is 5.22. The molecule has 1 aromatic rings. The monoisotopic (exact) mass is 311 g/mol. The van der Waals surface area contributed by atoms with Gasteiger partial charge in [-0.3, -0.25) is 4.79 Å². The average Bonchev–Trinajstić information content (AvgIpc) is 2.78. The van der Waals surface area contributed by atoms with E-state index in [2.05, 4.69) is 43.1 Å². The number of rotatable bonds is 6. The smallest absolute Gasteiger partial charge is 0.312 e. The van der Waals surface area contributed by atoms with Crippen molar-refractivity contribution in [2.45, 2.75) is 45.1 Å². The van der Waals surface area contributed by atoms with Crippen molar-refractivity contribution in [1.29, 1.82) is 0 Å². The standard InChI is InChI=1S/C15H25N3O2S/c1-9(2)11(8-18(3)4)16-15-17-13-10(14(19)20)6-5-7-12(13)21-15/h9-11H,5-8H2,1-4H3,(H,16,17)(H,19,20). The molecule has 0 saturated heterocycles. The molecular formula is C15H25N3O2S. The summed E-state index contributed by atoms with van der Waals surface area (Å²) in [6.07, 6.45) is 2.60. The maximum atomic E-state index is 11.3. The Morgan fingerprint density at radius 1 is 1.52 bits per heavy atom. The third-order valence-electron chi connectivity index (χ3n) is 3.93. The van der Waals surface area contributed by atoms with E-state index in [4.69, 9.17) is 0 Å². The molecule has 0 aliphatic heterocycles. The van der Waals surface area contributed by atoms with Crippen LogP contribution in [0.15, 0.2) is 0 Å². The molecule has 0 fully saturated rings. The number of likely N-dealkylation sites (N-methyl/N-ethyl adjacent to an activating group) is 1. The zero-order valence-electron chi connectivity index (χ0n) is 13.2. The van der Waals surface area contributed by atoms with Crippen molar-refractivity contribution in [2.75, 3.05) is 26.0 Å². The molecule has 0 bridgehead atoms. The number of carbonyl (C=O) groups is 1. The summed E-state index contributed by atoms with van der Waals surface area (Å²) in [6, 6.07) is 0.316. The summed E-state index contributed by atoms with van der Waals surface area (Å²) in [5, 5.41) is 13.7. The average molecular weight is 311 g/mol. The molecule has 6 heteroatoms. The third kappa shape index (κ3) is 3.95. The Labute approximate surface area is 130 Å². The summed E-state index contributed by atoms with van der Waals surface area (Å²) in [5.41, 5.74) is 0.786. The summed E-state index contributed by atoms with van der Waals surface area (Å²) < 4.78 is 0. The number of nitrogens with one attached hydrogen (secondary N) is 1. The van der Waals surface area contributed by atoms with Crippen LogP contribution in [0.25, 0.3) is 0 Å². The number of anilines is 1. The Balaban J connectivity index is 2.16. The number of carboxylic acid groups (broad SMARTS) is 1. The highest BCUT2D eigenvalue weighted by molar-refractivity contribution is 7.15. The van der Waals surface area contributed by atoms with Gasteiger partial charge in [0, 0.05) is 17.5 Å². The fraction of sp³-hybridized carbons (Fsp3) is 0.733. The molecule has 1 aromatic heterocycles. The molecule has 118 valence electrons. The van der Waals surface area contributed by atoms with Crippen LogP contribution in [0, 0.1) is 5.92 Å². The predicted octanol–water partition coefficient (Wildman–Crippen LogP) is 2.65. The van der Waals surface area contributed by atoms with Gasteiger partial charge in [0.05, 0.1) is 5.69 Å². The minimum atomic E-state index is -0.749. The normalized spacial score (nSPS) is 19.6. The molecule has 5 nitrogen and oxygen atoms in total. The second kappa shape index (κ2) is 6.75. The summed E-state index contributed by atoms with van der Waals surface area (Å²) >= 11 is 1.63. The predicted molar refractivity (Wildman–Crippen MR) is 86.2 cm³/mol. The lowest BCUT2D eigenvalue weighted by Gasteiger charge is -2.25. The number of carboxylic acids is 1. The molecule has 0 spiro atoms. The van der Waals surface area contributed by atoms with E-state index in [0.29, 0.717) is 18.4 Å². The quantitative estimate of drug-likeness (QED) is 0.845. The van der Waals surface area contributed by atoms with Gasteiger partial charge in [0.1, 0.15) is 5.92 Å². The Hall–Kier alpha value is -1.14. The molecule has 1 aliphatic carbocycles. The van der Waals surface area contributed by atoms with Gasteiger partial charge in [-0.1, -0.05) is 13.8 Å². The van der Waals surface area contributed by atoms with Crippen molar-refractivity contribution in [3.05, 3.63) is 10.6 Å². The van der Waals surface area contributed by atoms with E-state index in [1.54, 1.807) is 11.3 Å². The third-order valence-corrected chi connectivity index (χ3v) is 4.99. The Bertz CT molecular complexity index is 499. The van der Waals surface area contributed by atoms with Gasteiger partial charge in [0.15, 0.2) is 5.13 Å². The SMILES string of the molecule is CC(C)C(CN(C)C)Nc1nc2c(s1)CCCC2C(=O)O. The molecule has 0 aromatic carbocycles. The molecule has 0 saturated carbocycles. The van der Waals surface area contributed by atoms with Crippen molar-refractivity contribution < 1.29 is 9.90 Å². The van der Waals surface area contributed by atoms with Gasteiger partial charge < -0.3 is 15.3 Å². The van der Waals surface area contributed by atoms with E-state index in [1.165, 1.54) is 0 Å². The first-order valence-corrected chi connectivity index (χ1v) is 8.33. The molecule has 2 atom stereocenters. The largest absolute Gasteiger partial charge is 0.481 e. The van der Waals surface area contributed by atoms with Crippen molar-refractivity contribution in [3.8, 4) is 0 Å². The van der Waals surface area contributed by atoms with Crippen LogP contribution in [0.1, 0.15) is 43.2 Å². The number of thiazole rings is 1. The number of aryl methyl sites for hydroxylation is 1. The Morgan fingerprint density at radius 2 is 2.24 bits per heavy atom. The van der Waals surface area contributed by atoms with E-state index >= 15 is 0 Å². The van der Waals surface area contributed by atoms with Crippen molar-refractivity contribution in [2.24, 2.45) is 5.92 Å². The van der Waals surface area contributed by atoms with Gasteiger partial charge in [-0.25, -0.2) is 4.98 Å². The van der Waals surface area contributed by atoms with Crippen molar-refractivity contribution >= 4 is 22.4 Å². The van der Waals surface area contributed by atoms with Gasteiger partial charge >= 0.3 is 5.97 Å². The van der Waals surface area contributed by atoms with Crippen LogP contribution >= 0.6 is 11.3 Å². The molecule has 2 N–H and O–H groups in total. The van der Waals surface area contributed by atoms with Crippen LogP contribution in [-0.4, -0.2) is 47.6 Å². The lowest BCUT2D eigenvalue weighted by Crippen LogP contribution is -2.36. The van der Waals surface area contributed by atoms with Crippen LogP contribution in [-0.2, 0) is 11.2 Å². The Morgan fingerprint density at radius 3 is 2.81 bits per heavy atom. The summed E-state index contributed by atoms with van der Waals surface area (Å²) in [6.45, 7) is 5.31. The van der Waals surface area contributed by atoms with E-state index < -0.39 is 11.9 Å². The van der Waals surface area contributed by atoms with Gasteiger partial charge in [0.25, 0.3) is 0 Å². The number of hydrogen-bond donors (Lipinski definition) is 2. The maximum absolute atomic E-state index is 11.3. The minimum absolute atomic E-state index is 0.316. The number of fused-ring (bicyclic) bond motifs is 1. The first kappa shape index (κ1) is 16.2. The van der Waals surface area contributed by atoms with Crippen LogP contribution < -0.4 is 5.32 Å². The van der Waals surface area contributed by atoms with Crippen molar-refractivity contribution in [3.63, 3.8) is 0 Å². The minimum Gasteiger partial charge on any atom is -0.481 e. The number of aliphatic carboxylic acids is 1. The number of hydrogen-bond acceptors (Lipinski definition) is 5. The zero-order valence-corrected chi connectivity index (χ0v) is 14.0. The van der Waals surface area contributed by atoms with Gasteiger partial charge in [-0.05, 0) is 39.3 Å². The molecule has 1 heterocycles. The fourth-order valence-corrected chi connectivity index (χ4v) is 3.82. The van der Waals surface area contributed by atoms with Crippen LogP contribution in [0.3, 0.4) is 0 Å². The van der Waals surface area contributed by atoms with Crippen LogP contribution in [0.4, 0.5) is 5.13 Å². The molecule has 2 rings (SSSR count). The molecule has 0 radical (unpaired) electrons. The second-order valence-electron chi connectivity index (χ2n) is 6.37. The number of aromatic nitrogens is 1. The van der Waals surface area contributed by atoms with E-state index in [0.717, 1.165) is 35.1 Å². The lowest BCUT2D eigenvalue weighted by molar-refractivity contribution is -0.139. The molecule has 1 aliphatic rings. The number of nitrogens with zero attached hydrogens (tertiary/aromatic N) is 2. The second-order valence-corrected chi connectivity index (χ2v) is 7.45. The van der Waals surface area contributed by atoms with E-state index in [-0.39, 0.29) is 0 Å². The molecular weight excluding hydrogens is 286 g/mol. The van der Waals surface area contributed by atoms with Gasteiger partial charge in [-0.15, -0.1) is 11.3 Å². The first-order chi connectivity index (χ1) is 9.88. The highest BCUT2D eigenvalue weighted by Crippen LogP contribution is 2.37. The first-order valence-electron chi connectivity index (χ1n) is 7.52. The van der Waals surface area contributed by atoms with E-state index in [1.807, 2.05) is 0 Å². The fourth-order valence-electron chi connectivity index (χ4n) is 2.70. The van der Waals surface area contributed by atoms with Gasteiger partial charge in [0.2, 0.25) is 0 Å². The highest BCUT2D eigenvalue weighted by Gasteiger charge is 2.30. The topological polar surface area (TPSA) is 65.5 Å². The molecule has 21 heavy (non-hydrogen) atoms. The van der Waals surface area contributed by atoms with Crippen LogP contribution in [0.2, 0.25) is 0 Å². The molecule has 0 amide bonds. The summed E-state index contributed by atoms with van der Waals surface area (Å²) in [4.78, 5) is 19.2. The summed E-state index contributed by atoms with van der Waals surface area (Å²) in [7, 11) is 4.12. The van der Waals surface area contributed by atoms with Gasteiger partial charge in [-0.2, -0.15) is 0 Å². The van der Waals surface area contributed by atoms with Crippen molar-refractivity contribution in [1.82, 2.24) is 9.88 Å². The zero-order chi connectivity index (χ0) is 15.6. The molecule has 2 unspecified atom stereocenters. The highest BCUT2D eigenvalue weighted by atomic mass is 32.1. The lowest BCUT2D eigenvalue weighted by atomic mass is 9.91. The van der Waals surface area contributed by atoms with Crippen LogP contribution in [0.5, 0.6) is 0 Å². The van der Waals surface area contributed by atoms with E-state index in [9.17, 15) is 9.90 Å². The maximum Gasteiger partial charge on any atom is 0.312 e.